The molecule has 1 aromatic heterocycles. The molecule has 2 N–H and O–H groups in total. The fraction of sp³-hybridized carbons (Fsp3) is 0.345. The van der Waals surface area contributed by atoms with Crippen LogP contribution in [0.25, 0.3) is 0 Å². The van der Waals surface area contributed by atoms with E-state index >= 15 is 0 Å². The molecule has 0 aliphatic carbocycles. The number of carbonyl (C=O) groups excluding carboxylic acids is 2. The summed E-state index contributed by atoms with van der Waals surface area (Å²) in [7, 11) is 1.62. The van der Waals surface area contributed by atoms with Crippen LogP contribution < -0.4 is 20.3 Å². The molecule has 7 nitrogen and oxygen atoms in total. The van der Waals surface area contributed by atoms with Gasteiger partial charge >= 0.3 is 0 Å². The number of nitrogens with one attached hydrogen (secondary N) is 2. The van der Waals surface area contributed by atoms with Gasteiger partial charge in [0.05, 0.1) is 12.7 Å². The van der Waals surface area contributed by atoms with Gasteiger partial charge < -0.3 is 20.3 Å². The number of rotatable bonds is 6. The Kier molecular flexibility index (Phi) is 6.63. The van der Waals surface area contributed by atoms with Gasteiger partial charge in [-0.1, -0.05) is 23.8 Å². The number of anilines is 2. The molecule has 3 atom stereocenters. The van der Waals surface area contributed by atoms with E-state index in [1.807, 2.05) is 68.4 Å². The van der Waals surface area contributed by atoms with Crippen molar-refractivity contribution in [1.29, 1.82) is 0 Å². The summed E-state index contributed by atoms with van der Waals surface area (Å²) in [6, 6.07) is 17.8. The zero-order valence-corrected chi connectivity index (χ0v) is 21.0. The second kappa shape index (κ2) is 10.0. The molecule has 186 valence electrons. The Hall–Kier alpha value is -3.87. The van der Waals surface area contributed by atoms with Gasteiger partial charge in [-0.25, -0.2) is 4.98 Å². The summed E-state index contributed by atoms with van der Waals surface area (Å²) in [6.07, 6.45) is 5.56. The number of ether oxygens (including phenoxy) is 1. The van der Waals surface area contributed by atoms with Crippen molar-refractivity contribution >= 4 is 23.3 Å². The number of hydrogen-bond donors (Lipinski definition) is 2. The van der Waals surface area contributed by atoms with Crippen LogP contribution in [0, 0.1) is 13.8 Å². The van der Waals surface area contributed by atoms with Gasteiger partial charge in [0.25, 0.3) is 11.8 Å². The van der Waals surface area contributed by atoms with Crippen LogP contribution in [0.5, 0.6) is 5.75 Å². The number of aromatic nitrogens is 1. The molecule has 2 saturated heterocycles. The molecule has 3 heterocycles. The molecule has 36 heavy (non-hydrogen) atoms. The predicted octanol–water partition coefficient (Wildman–Crippen LogP) is 4.89. The molecule has 0 unspecified atom stereocenters. The Labute approximate surface area is 211 Å². The predicted molar refractivity (Wildman–Crippen MR) is 141 cm³/mol. The number of methoxy groups -OCH3 is 1. The highest BCUT2D eigenvalue weighted by molar-refractivity contribution is 6.04. The lowest BCUT2D eigenvalue weighted by molar-refractivity contribution is 0.0925. The van der Waals surface area contributed by atoms with E-state index in [-0.39, 0.29) is 17.9 Å². The van der Waals surface area contributed by atoms with Crippen molar-refractivity contribution in [3.05, 3.63) is 83.0 Å². The Bertz CT molecular complexity index is 1240. The number of carbonyl (C=O) groups is 2. The zero-order chi connectivity index (χ0) is 25.2. The van der Waals surface area contributed by atoms with E-state index in [1.54, 1.807) is 13.3 Å². The average Bonchev–Trinajstić information content (AvgIpc) is 3.15. The summed E-state index contributed by atoms with van der Waals surface area (Å²) in [6.45, 7) is 3.93. The summed E-state index contributed by atoms with van der Waals surface area (Å²) in [5.74, 6) is 1.39. The van der Waals surface area contributed by atoms with Crippen molar-refractivity contribution in [2.45, 2.75) is 57.7 Å². The first kappa shape index (κ1) is 23.9. The van der Waals surface area contributed by atoms with E-state index in [4.69, 9.17) is 4.74 Å². The van der Waals surface area contributed by atoms with Gasteiger partial charge in [0.2, 0.25) is 0 Å². The molecule has 0 saturated carbocycles. The third-order valence-corrected chi connectivity index (χ3v) is 7.40. The monoisotopic (exact) mass is 484 g/mol. The second-order valence-corrected chi connectivity index (χ2v) is 9.79. The van der Waals surface area contributed by atoms with E-state index in [2.05, 4.69) is 20.5 Å². The summed E-state index contributed by atoms with van der Waals surface area (Å²) < 4.78 is 5.37. The zero-order valence-electron chi connectivity index (χ0n) is 21.0. The summed E-state index contributed by atoms with van der Waals surface area (Å²) in [4.78, 5) is 32.7. The van der Waals surface area contributed by atoms with E-state index in [0.717, 1.165) is 54.1 Å². The molecule has 2 amide bonds. The first-order valence-corrected chi connectivity index (χ1v) is 12.5. The molecule has 2 aliphatic rings. The van der Waals surface area contributed by atoms with Crippen molar-refractivity contribution in [2.24, 2.45) is 0 Å². The molecular weight excluding hydrogens is 452 g/mol. The van der Waals surface area contributed by atoms with E-state index < -0.39 is 0 Å². The molecule has 2 aliphatic heterocycles. The number of amides is 2. The largest absolute Gasteiger partial charge is 0.496 e. The smallest absolute Gasteiger partial charge is 0.257 e. The number of nitrogens with zero attached hydrogens (tertiary/aromatic N) is 2. The van der Waals surface area contributed by atoms with E-state index in [0.29, 0.717) is 23.2 Å². The van der Waals surface area contributed by atoms with Gasteiger partial charge in [-0.3, -0.25) is 9.59 Å². The molecule has 2 fully saturated rings. The molecule has 5 rings (SSSR count). The quantitative estimate of drug-likeness (QED) is 0.521. The minimum Gasteiger partial charge on any atom is -0.496 e. The van der Waals surface area contributed by atoms with Crippen LogP contribution in [0.4, 0.5) is 11.5 Å². The van der Waals surface area contributed by atoms with Crippen LogP contribution in [-0.4, -0.2) is 42.0 Å². The van der Waals surface area contributed by atoms with Crippen molar-refractivity contribution < 1.29 is 14.3 Å². The van der Waals surface area contributed by atoms with Crippen LogP contribution in [0.1, 0.15) is 57.5 Å². The van der Waals surface area contributed by atoms with Crippen molar-refractivity contribution in [3.63, 3.8) is 0 Å². The normalized spacial score (nSPS) is 20.6. The molecule has 2 bridgehead atoms. The minimum absolute atomic E-state index is 0.0497. The molecule has 3 aromatic rings. The Morgan fingerprint density at radius 3 is 2.31 bits per heavy atom. The number of piperidine rings is 1. The van der Waals surface area contributed by atoms with Gasteiger partial charge in [-0.15, -0.1) is 0 Å². The van der Waals surface area contributed by atoms with Gasteiger partial charge in [-0.05, 0) is 75.9 Å². The summed E-state index contributed by atoms with van der Waals surface area (Å²) in [5, 5.41) is 6.18. The van der Waals surface area contributed by atoms with Gasteiger partial charge in [0.15, 0.2) is 0 Å². The number of benzene rings is 2. The molecule has 0 radical (unpaired) electrons. The number of pyridine rings is 1. The van der Waals surface area contributed by atoms with Crippen LogP contribution >= 0.6 is 0 Å². The van der Waals surface area contributed by atoms with Crippen molar-refractivity contribution in [3.8, 4) is 5.75 Å². The molecule has 0 spiro atoms. The van der Waals surface area contributed by atoms with Crippen LogP contribution in [0.2, 0.25) is 0 Å². The summed E-state index contributed by atoms with van der Waals surface area (Å²) >= 11 is 0. The third kappa shape index (κ3) is 4.78. The second-order valence-electron chi connectivity index (χ2n) is 9.79. The first-order valence-electron chi connectivity index (χ1n) is 12.5. The van der Waals surface area contributed by atoms with E-state index in [9.17, 15) is 9.59 Å². The van der Waals surface area contributed by atoms with Crippen LogP contribution in [0.15, 0.2) is 60.8 Å². The van der Waals surface area contributed by atoms with Crippen molar-refractivity contribution in [2.75, 3.05) is 17.3 Å². The Balaban J connectivity index is 1.22. The Morgan fingerprint density at radius 2 is 1.67 bits per heavy atom. The Morgan fingerprint density at radius 1 is 0.944 bits per heavy atom. The lowest BCUT2D eigenvalue weighted by atomic mass is 9.96. The van der Waals surface area contributed by atoms with Gasteiger partial charge in [0.1, 0.15) is 11.6 Å². The van der Waals surface area contributed by atoms with Gasteiger partial charge in [0, 0.05) is 41.1 Å². The lowest BCUT2D eigenvalue weighted by Crippen LogP contribution is -2.50. The van der Waals surface area contributed by atoms with E-state index in [1.165, 1.54) is 0 Å². The summed E-state index contributed by atoms with van der Waals surface area (Å²) in [5.41, 5.74) is 3.95. The molecule has 7 heteroatoms. The number of aryl methyl sites for hydroxylation is 1. The lowest BCUT2D eigenvalue weighted by Gasteiger charge is -2.40. The van der Waals surface area contributed by atoms with Gasteiger partial charge in [-0.2, -0.15) is 0 Å². The van der Waals surface area contributed by atoms with Crippen molar-refractivity contribution in [1.82, 2.24) is 10.3 Å². The van der Waals surface area contributed by atoms with Crippen LogP contribution in [-0.2, 0) is 0 Å². The number of hydrogen-bond acceptors (Lipinski definition) is 5. The fourth-order valence-corrected chi connectivity index (χ4v) is 5.53. The fourth-order valence-electron chi connectivity index (χ4n) is 5.53. The average molecular weight is 485 g/mol. The first-order chi connectivity index (χ1) is 17.4. The van der Waals surface area contributed by atoms with Crippen LogP contribution in [0.3, 0.4) is 0 Å². The highest BCUT2D eigenvalue weighted by Crippen LogP contribution is 2.38. The standard InChI is InChI=1S/C29H32N4O3/c1-18-7-10-21(11-8-18)31-28(34)20-9-14-27(30-17-20)33-23-12-13-24(33)16-22(15-23)32-29(35)25-5-4-6-26(36-3)19(25)2/h4-11,14,17,22-24H,12-13,15-16H2,1-3H3,(H,31,34)(H,32,35)/t22-,23+,24-. The highest BCUT2D eigenvalue weighted by atomic mass is 16.5. The maximum atomic E-state index is 13.0. The maximum absolute atomic E-state index is 13.0. The third-order valence-electron chi connectivity index (χ3n) is 7.40. The number of fused-ring (bicyclic) bond motifs is 2. The highest BCUT2D eigenvalue weighted by Gasteiger charge is 2.42. The SMILES string of the molecule is COc1cccc(C(=O)N[C@H]2C[C@H]3CC[C@@H](C2)N3c2ccc(C(=O)Nc3ccc(C)cc3)cn2)c1C. The molecular formula is C29H32N4O3. The minimum atomic E-state index is -0.171. The topological polar surface area (TPSA) is 83.6 Å². The molecule has 2 aromatic carbocycles. The maximum Gasteiger partial charge on any atom is 0.257 e.